The van der Waals surface area contributed by atoms with Crippen molar-refractivity contribution in [3.05, 3.63) is 93.0 Å². The number of fused-ring (bicyclic) bond motifs is 12. The summed E-state index contributed by atoms with van der Waals surface area (Å²) >= 11 is 0. The summed E-state index contributed by atoms with van der Waals surface area (Å²) in [6, 6.07) is -4.99. The highest BCUT2D eigenvalue weighted by molar-refractivity contribution is 5.77. The molecule has 0 radical (unpaired) electrons. The summed E-state index contributed by atoms with van der Waals surface area (Å²) in [5, 5.41) is 0. The number of aryl methyl sites for hydroxylation is 4. The zero-order valence-electron chi connectivity index (χ0n) is 117. The van der Waals surface area contributed by atoms with Crippen LogP contribution in [0, 0.1) is 70.9 Å². The molecule has 0 aliphatic carbocycles. The summed E-state index contributed by atoms with van der Waals surface area (Å²) in [7, 11) is 1.39. The Kier molecular flexibility index (Phi) is 18.8. The first-order valence-electron chi connectivity index (χ1n) is 62.4. The van der Waals surface area contributed by atoms with Crippen LogP contribution in [0.25, 0.3) is 0 Å². The van der Waals surface area contributed by atoms with E-state index in [1.807, 2.05) is 0 Å². The van der Waals surface area contributed by atoms with Gasteiger partial charge in [0.05, 0.1) is 69.1 Å². The van der Waals surface area contributed by atoms with Crippen LogP contribution >= 0.6 is 0 Å². The Morgan fingerprint density at radius 3 is 0.792 bits per heavy atom. The molecule has 12 rings (SSSR count). The minimum Gasteiger partial charge on any atom is -0.493 e. The van der Waals surface area contributed by atoms with E-state index < -0.39 is 338 Å². The summed E-state index contributed by atoms with van der Waals surface area (Å²) < 4.78 is 462. The molecule has 4 aromatic rings. The van der Waals surface area contributed by atoms with Crippen LogP contribution in [0.3, 0.4) is 0 Å². The maximum atomic E-state index is 13.2. The molecular formula is C96H152N8O16. The Morgan fingerprint density at radius 1 is 0.342 bits per heavy atom. The Balaban J connectivity index is 0.000000242. The summed E-state index contributed by atoms with van der Waals surface area (Å²) in [5.41, 5.74) is 20.8. The van der Waals surface area contributed by atoms with E-state index in [-0.39, 0.29) is 67.2 Å². The lowest BCUT2D eigenvalue weighted by Crippen LogP contribution is -2.51. The zero-order valence-corrected chi connectivity index (χ0v) is 72.4. The zero-order chi connectivity index (χ0) is 128. The van der Waals surface area contributed by atoms with Gasteiger partial charge < -0.3 is 79.8 Å². The van der Waals surface area contributed by atoms with Crippen LogP contribution in [0.5, 0.6) is 46.0 Å². The molecule has 4 saturated heterocycles. The molecule has 8 aliphatic heterocycles. The number of carbonyl (C=O) groups is 4. The van der Waals surface area contributed by atoms with Crippen molar-refractivity contribution in [3.63, 3.8) is 0 Å². The SMILES string of the molecule is [2H]C([2H])([2H])Oc1cc2c(cc1OC)C1N(C([2H])([2H])C2([2H])[2H])C([2H])([2H])C([2H])(CC(C)C)C(OC(=O)[C@@H](N)C(C)C)C1([2H])[2H].[2H]C([2H])([2H])Oc1cc2c(cc1OC)C1N(C([2H])([2H])C2([2H])[2H])C([2H])([2H])C([2H])(CC(C)C)C([2H])(OC(=O)[C@@H](N)C(C)C)C1([2H])[2H].[2H]C1([2H])c2cc(OC)c(OC)cc2C2N(C1([2H])[2H])C([2H])([2H])C([2H])(CC(C)C)C([2H])(OC(=O)[C@@H](N)C(C)C)C2([2H])[2H].[2H]C1([2H])c2cc(OC)c(OC)cc2C2N(C1([2H])[2H])C([2H])([2H])C([2H])(CC(C)C)C([2H])(OC(=O)[C@@H](N)C(C)C)C2([2H])[2H]. The van der Waals surface area contributed by atoms with Gasteiger partial charge in [-0.1, -0.05) is 111 Å². The van der Waals surface area contributed by atoms with E-state index in [0.717, 1.165) is 50.6 Å². The topological polar surface area (TPSA) is 296 Å². The van der Waals surface area contributed by atoms with Crippen molar-refractivity contribution >= 4 is 23.9 Å². The third-order valence-corrected chi connectivity index (χ3v) is 20.0. The molecule has 120 heavy (non-hydrogen) atoms. The van der Waals surface area contributed by atoms with E-state index in [4.69, 9.17) is 121 Å². The summed E-state index contributed by atoms with van der Waals surface area (Å²) in [6.45, 7) is -0.543. The normalized spacial score (nSPS) is 41.6. The molecule has 0 aromatic heterocycles. The van der Waals surface area contributed by atoms with Crippen LogP contribution in [0.4, 0.5) is 0 Å². The second-order valence-corrected chi connectivity index (χ2v) is 32.6. The first-order chi connectivity index (χ1) is 73.9. The van der Waals surface area contributed by atoms with Crippen molar-refractivity contribution in [1.29, 1.82) is 0 Å². The van der Waals surface area contributed by atoms with Crippen LogP contribution in [0.2, 0.25) is 0 Å². The average Bonchev–Trinajstić information content (AvgIpc) is 0.655. The monoisotopic (exact) mass is 1720 g/mol. The highest BCUT2D eigenvalue weighted by Gasteiger charge is 2.47. The van der Waals surface area contributed by atoms with Crippen LogP contribution in [-0.2, 0) is 63.6 Å². The number of nitrogens with two attached hydrogens (primary N) is 4. The molecular weight excluding hydrogens is 1520 g/mol. The van der Waals surface area contributed by atoms with E-state index in [1.54, 1.807) is 111 Å². The molecule has 16 atom stereocenters. The number of methoxy groups -OCH3 is 8. The van der Waals surface area contributed by atoms with Crippen LogP contribution < -0.4 is 60.8 Å². The number of esters is 4. The summed E-state index contributed by atoms with van der Waals surface area (Å²) in [4.78, 5) is 53.8. The predicted molar refractivity (Wildman–Crippen MR) is 471 cm³/mol. The minimum atomic E-state index is -3.41. The van der Waals surface area contributed by atoms with Crippen molar-refractivity contribution in [2.24, 2.45) is 93.9 Å². The summed E-state index contributed by atoms with van der Waals surface area (Å²) in [5.74, 6) is -21.9. The van der Waals surface area contributed by atoms with Crippen molar-refractivity contribution in [1.82, 2.24) is 19.6 Å². The number of hydrogen-bond acceptors (Lipinski definition) is 24. The lowest BCUT2D eigenvalue weighted by molar-refractivity contribution is -0.161. The molecule has 0 saturated carbocycles. The Morgan fingerprint density at radius 2 is 0.558 bits per heavy atom. The Labute approximate surface area is 781 Å². The van der Waals surface area contributed by atoms with Gasteiger partial charge >= 0.3 is 23.9 Å². The standard InChI is InChI=1S/4C24H38N2O4/c4*1-14(2)9-17-13-26-8-7-16-10-21(28-5)22(29-6)11-18(16)19(26)12-20(17)30-24(27)23(25)15(3)4/h4*10-11,14-15,17,19-20,23H,7-9,12-13,25H2,1-6H3/t4*17?,19?,20?,23-/m0000/s1/i5D3,7D2,8D2,12D2,13D2,17D,20D;2*7D2,8D2,12D2,13D2,17D,20D;5D3,7D2,8D2,12D2,13D2,17D. The molecule has 0 bridgehead atoms. The highest BCUT2D eigenvalue weighted by Crippen LogP contribution is 2.50. The fourth-order valence-corrected chi connectivity index (χ4v) is 13.1. The van der Waals surface area contributed by atoms with Gasteiger partial charge in [0.1, 0.15) is 48.5 Å². The van der Waals surface area contributed by atoms with Gasteiger partial charge in [-0.05, 0) is 192 Å². The highest BCUT2D eigenvalue weighted by atomic mass is 16.6. The molecule has 0 amide bonds. The second-order valence-electron chi connectivity index (χ2n) is 32.6. The molecule has 24 heteroatoms. The molecule has 8 heterocycles. The van der Waals surface area contributed by atoms with Crippen molar-refractivity contribution in [2.75, 3.05) is 109 Å². The largest absolute Gasteiger partial charge is 0.493 e. The van der Waals surface area contributed by atoms with Gasteiger partial charge in [-0.2, -0.15) is 0 Å². The second kappa shape index (κ2) is 43.9. The summed E-state index contributed by atoms with van der Waals surface area (Å²) in [6.07, 6.45) is -38.8. The van der Waals surface area contributed by atoms with E-state index in [1.165, 1.54) is 40.6 Å². The molecule has 0 spiro atoms. The van der Waals surface area contributed by atoms with Crippen molar-refractivity contribution in [3.8, 4) is 46.0 Å². The fourth-order valence-electron chi connectivity index (χ4n) is 13.1. The molecule has 4 aromatic carbocycles. The quantitative estimate of drug-likeness (QED) is 0.0303. The van der Waals surface area contributed by atoms with Gasteiger partial charge in [0, 0.05) is 175 Å². The predicted octanol–water partition coefficient (Wildman–Crippen LogP) is 14.3. The molecule has 24 nitrogen and oxygen atoms in total. The number of carbonyl (C=O) groups excluding carboxylic acids is 4. The first kappa shape index (κ1) is 51.3. The van der Waals surface area contributed by atoms with Crippen LogP contribution in [-0.4, -0.2) is 201 Å². The lowest BCUT2D eigenvalue weighted by atomic mass is 9.79. The number of benzene rings is 4. The first-order valence-corrected chi connectivity index (χ1v) is 39.9. The Hall–Kier alpha value is -7.16. The number of rotatable bonds is 28. The van der Waals surface area contributed by atoms with Gasteiger partial charge in [-0.15, -0.1) is 0 Å². The van der Waals surface area contributed by atoms with E-state index in [0.29, 0.717) is 14.7 Å². The van der Waals surface area contributed by atoms with Gasteiger partial charge in [0.15, 0.2) is 46.0 Å². The van der Waals surface area contributed by atoms with Gasteiger partial charge in [-0.25, -0.2) is 0 Å². The van der Waals surface area contributed by atoms with Crippen LogP contribution in [0.1, 0.15) is 292 Å². The van der Waals surface area contributed by atoms with Crippen LogP contribution in [0.15, 0.2) is 48.5 Å². The number of nitrogens with zero attached hydrogens (tertiary/aromatic N) is 4. The number of ether oxygens (including phenoxy) is 12. The minimum absolute atomic E-state index is 0.0230. The van der Waals surface area contributed by atoms with E-state index >= 15 is 0 Å². The van der Waals surface area contributed by atoms with E-state index in [9.17, 15) is 39.7 Å². The molecule has 8 aliphatic rings. The number of piperidine rings is 4. The van der Waals surface area contributed by atoms with E-state index in [2.05, 4.69) is 0 Å². The Bertz CT molecular complexity index is 6070. The average molecular weight is 1720 g/mol. The fraction of sp³-hybridized carbons (Fsp3) is 0.708. The molecule has 4 fully saturated rings. The smallest absolute Gasteiger partial charge is 0.323 e. The molecule has 672 valence electrons. The van der Waals surface area contributed by atoms with Gasteiger partial charge in [-0.3, -0.25) is 38.8 Å². The molecule has 8 N–H and O–H groups in total. The van der Waals surface area contributed by atoms with Crippen molar-refractivity contribution in [2.45, 2.75) is 260 Å². The maximum Gasteiger partial charge on any atom is 0.323 e. The maximum absolute atomic E-state index is 13.2. The number of hydrogen-bond donors (Lipinski definition) is 4. The third-order valence-electron chi connectivity index (χ3n) is 20.0. The van der Waals surface area contributed by atoms with Gasteiger partial charge in [0.25, 0.3) is 0 Å². The van der Waals surface area contributed by atoms with Crippen molar-refractivity contribution < 1.29 is 138 Å². The lowest BCUT2D eigenvalue weighted by Gasteiger charge is -2.47. The third kappa shape index (κ3) is 23.8. The van der Waals surface area contributed by atoms with Gasteiger partial charge in [0.2, 0.25) is 0 Å². The molecule has 12 unspecified atom stereocenters.